The molecule has 0 aliphatic carbocycles. The summed E-state index contributed by atoms with van der Waals surface area (Å²) in [5.74, 6) is 0.589. The molecular formula is C26H28N2O. The first kappa shape index (κ1) is 20.5. The fraction of sp³-hybridized carbons (Fsp3) is 0.231. The molecule has 0 aliphatic heterocycles. The van der Waals surface area contributed by atoms with Crippen LogP contribution in [0.4, 0.5) is 0 Å². The molecule has 1 aromatic heterocycles. The summed E-state index contributed by atoms with van der Waals surface area (Å²) in [5, 5.41) is 3.00. The number of hydrogen-bond acceptors (Lipinski definition) is 2. The highest BCUT2D eigenvalue weighted by Crippen LogP contribution is 2.14. The molecular weight excluding hydrogens is 356 g/mol. The molecule has 0 unspecified atom stereocenters. The molecule has 3 nitrogen and oxygen atoms in total. The molecule has 0 fully saturated rings. The number of amides is 1. The van der Waals surface area contributed by atoms with E-state index in [0.717, 1.165) is 35.2 Å². The molecule has 0 atom stereocenters. The zero-order valence-corrected chi connectivity index (χ0v) is 17.1. The Morgan fingerprint density at radius 1 is 0.966 bits per heavy atom. The van der Waals surface area contributed by atoms with Gasteiger partial charge in [0.15, 0.2) is 0 Å². The molecule has 1 heterocycles. The van der Waals surface area contributed by atoms with Crippen molar-refractivity contribution in [2.75, 3.05) is 6.54 Å². The second kappa shape index (κ2) is 10.4. The van der Waals surface area contributed by atoms with Crippen LogP contribution in [-0.4, -0.2) is 17.4 Å². The van der Waals surface area contributed by atoms with E-state index in [1.54, 1.807) is 6.20 Å². The van der Waals surface area contributed by atoms with Crippen LogP contribution in [0.25, 0.3) is 12.2 Å². The molecule has 1 amide bonds. The van der Waals surface area contributed by atoms with Crippen molar-refractivity contribution in [2.24, 2.45) is 5.92 Å². The molecule has 2 aromatic carbocycles. The van der Waals surface area contributed by atoms with Crippen LogP contribution < -0.4 is 5.32 Å². The fourth-order valence-electron chi connectivity index (χ4n) is 3.04. The van der Waals surface area contributed by atoms with Crippen molar-refractivity contribution in [3.05, 3.63) is 101 Å². The Bertz CT molecular complexity index is 944. The second-order valence-corrected chi connectivity index (χ2v) is 7.65. The van der Waals surface area contributed by atoms with Gasteiger partial charge in [-0.25, -0.2) is 0 Å². The normalized spacial score (nSPS) is 11.1. The SMILES string of the molecule is CC(C)CCNC(=O)c1cccc(Cc2ccc(/C=C/c3ccccn3)cc2)c1. The van der Waals surface area contributed by atoms with Crippen LogP contribution in [0.5, 0.6) is 0 Å². The molecule has 3 rings (SSSR count). The summed E-state index contributed by atoms with van der Waals surface area (Å²) in [4.78, 5) is 16.6. The highest BCUT2D eigenvalue weighted by Gasteiger charge is 2.06. The van der Waals surface area contributed by atoms with Crippen LogP contribution in [0.1, 0.15) is 53.0 Å². The largest absolute Gasteiger partial charge is 0.352 e. The zero-order valence-electron chi connectivity index (χ0n) is 17.1. The molecule has 0 aliphatic rings. The highest BCUT2D eigenvalue weighted by atomic mass is 16.1. The Kier molecular flexibility index (Phi) is 7.34. The maximum Gasteiger partial charge on any atom is 0.251 e. The van der Waals surface area contributed by atoms with Crippen molar-refractivity contribution < 1.29 is 4.79 Å². The van der Waals surface area contributed by atoms with Crippen LogP contribution in [-0.2, 0) is 6.42 Å². The van der Waals surface area contributed by atoms with Gasteiger partial charge in [0, 0.05) is 18.3 Å². The van der Waals surface area contributed by atoms with Crippen LogP contribution in [0.2, 0.25) is 0 Å². The maximum atomic E-state index is 12.3. The van der Waals surface area contributed by atoms with E-state index in [4.69, 9.17) is 0 Å². The first-order chi connectivity index (χ1) is 14.1. The smallest absolute Gasteiger partial charge is 0.251 e. The predicted octanol–water partition coefficient (Wildman–Crippen LogP) is 5.62. The van der Waals surface area contributed by atoms with Gasteiger partial charge in [-0.1, -0.05) is 62.4 Å². The van der Waals surface area contributed by atoms with Crippen LogP contribution in [0.15, 0.2) is 72.9 Å². The minimum atomic E-state index is 0.00232. The van der Waals surface area contributed by atoms with E-state index in [9.17, 15) is 4.79 Å². The van der Waals surface area contributed by atoms with Gasteiger partial charge >= 0.3 is 0 Å². The summed E-state index contributed by atoms with van der Waals surface area (Å²) in [7, 11) is 0. The summed E-state index contributed by atoms with van der Waals surface area (Å²) in [6, 6.07) is 22.2. The molecule has 29 heavy (non-hydrogen) atoms. The number of carbonyl (C=O) groups is 1. The summed E-state index contributed by atoms with van der Waals surface area (Å²) < 4.78 is 0. The lowest BCUT2D eigenvalue weighted by atomic mass is 10.0. The second-order valence-electron chi connectivity index (χ2n) is 7.65. The number of benzene rings is 2. The number of hydrogen-bond donors (Lipinski definition) is 1. The van der Waals surface area contributed by atoms with Crippen molar-refractivity contribution in [1.29, 1.82) is 0 Å². The standard InChI is InChI=1S/C26H28N2O/c1-20(2)15-17-28-26(29)24-7-5-6-23(19-24)18-22-11-9-21(10-12-22)13-14-25-8-3-4-16-27-25/h3-14,16,19-20H,15,17-18H2,1-2H3,(H,28,29)/b14-13+. The average Bonchev–Trinajstić information content (AvgIpc) is 2.74. The molecule has 1 N–H and O–H groups in total. The third kappa shape index (κ3) is 6.72. The summed E-state index contributed by atoms with van der Waals surface area (Å²) in [6.45, 7) is 5.03. The van der Waals surface area contributed by atoms with E-state index in [-0.39, 0.29) is 5.91 Å². The molecule has 0 radical (unpaired) electrons. The quantitative estimate of drug-likeness (QED) is 0.548. The van der Waals surface area contributed by atoms with E-state index in [1.165, 1.54) is 5.56 Å². The lowest BCUT2D eigenvalue weighted by Gasteiger charge is -2.09. The van der Waals surface area contributed by atoms with Crippen molar-refractivity contribution in [2.45, 2.75) is 26.7 Å². The summed E-state index contributed by atoms with van der Waals surface area (Å²) >= 11 is 0. The summed E-state index contributed by atoms with van der Waals surface area (Å²) in [6.07, 6.45) is 7.66. The predicted molar refractivity (Wildman–Crippen MR) is 121 cm³/mol. The first-order valence-electron chi connectivity index (χ1n) is 10.2. The van der Waals surface area contributed by atoms with Gasteiger partial charge in [0.25, 0.3) is 5.91 Å². The maximum absolute atomic E-state index is 12.3. The highest BCUT2D eigenvalue weighted by molar-refractivity contribution is 5.94. The number of aromatic nitrogens is 1. The van der Waals surface area contributed by atoms with Gasteiger partial charge in [-0.2, -0.15) is 0 Å². The van der Waals surface area contributed by atoms with Crippen molar-refractivity contribution in [3.8, 4) is 0 Å². The minimum absolute atomic E-state index is 0.00232. The van der Waals surface area contributed by atoms with Gasteiger partial charge in [0.2, 0.25) is 0 Å². The monoisotopic (exact) mass is 384 g/mol. The van der Waals surface area contributed by atoms with Crippen LogP contribution >= 0.6 is 0 Å². The Morgan fingerprint density at radius 3 is 2.52 bits per heavy atom. The summed E-state index contributed by atoms with van der Waals surface area (Å²) in [5.41, 5.74) is 5.16. The molecule has 148 valence electrons. The lowest BCUT2D eigenvalue weighted by molar-refractivity contribution is 0.0952. The number of carbonyl (C=O) groups excluding carboxylic acids is 1. The fourth-order valence-corrected chi connectivity index (χ4v) is 3.04. The third-order valence-electron chi connectivity index (χ3n) is 4.72. The van der Waals surface area contributed by atoms with E-state index < -0.39 is 0 Å². The van der Waals surface area contributed by atoms with Gasteiger partial charge < -0.3 is 5.32 Å². The van der Waals surface area contributed by atoms with E-state index in [0.29, 0.717) is 12.5 Å². The molecule has 0 bridgehead atoms. The molecule has 3 aromatic rings. The van der Waals surface area contributed by atoms with Gasteiger partial charge in [0.05, 0.1) is 5.69 Å². The molecule has 0 saturated carbocycles. The topological polar surface area (TPSA) is 42.0 Å². The van der Waals surface area contributed by atoms with Crippen molar-refractivity contribution in [3.63, 3.8) is 0 Å². The average molecular weight is 385 g/mol. The van der Waals surface area contributed by atoms with Crippen molar-refractivity contribution in [1.82, 2.24) is 10.3 Å². The Morgan fingerprint density at radius 2 is 1.79 bits per heavy atom. The molecule has 0 saturated heterocycles. The van der Waals surface area contributed by atoms with E-state index in [2.05, 4.69) is 60.6 Å². The first-order valence-corrected chi connectivity index (χ1v) is 10.2. The Balaban J connectivity index is 1.60. The van der Waals surface area contributed by atoms with E-state index >= 15 is 0 Å². The van der Waals surface area contributed by atoms with Crippen LogP contribution in [0, 0.1) is 5.92 Å². The van der Waals surface area contributed by atoms with Gasteiger partial charge in [-0.3, -0.25) is 9.78 Å². The minimum Gasteiger partial charge on any atom is -0.352 e. The Labute approximate surface area is 173 Å². The van der Waals surface area contributed by atoms with Crippen LogP contribution in [0.3, 0.4) is 0 Å². The van der Waals surface area contributed by atoms with Crippen molar-refractivity contribution >= 4 is 18.1 Å². The lowest BCUT2D eigenvalue weighted by Crippen LogP contribution is -2.25. The van der Waals surface area contributed by atoms with E-state index in [1.807, 2.05) is 42.5 Å². The zero-order chi connectivity index (χ0) is 20.5. The van der Waals surface area contributed by atoms with Gasteiger partial charge in [0.1, 0.15) is 0 Å². The van der Waals surface area contributed by atoms with Gasteiger partial charge in [-0.15, -0.1) is 0 Å². The molecule has 3 heteroatoms. The van der Waals surface area contributed by atoms with Gasteiger partial charge in [-0.05, 0) is 65.8 Å². The number of nitrogens with one attached hydrogen (secondary N) is 1. The number of pyridine rings is 1. The molecule has 0 spiro atoms. The number of rotatable bonds is 8. The third-order valence-corrected chi connectivity index (χ3v) is 4.72. The number of nitrogens with zero attached hydrogens (tertiary/aromatic N) is 1. The Hall–Kier alpha value is -3.20.